The van der Waals surface area contributed by atoms with Gasteiger partial charge in [0.2, 0.25) is 5.91 Å². The predicted molar refractivity (Wildman–Crippen MR) is 68.3 cm³/mol. The standard InChI is InChI=1S/C11H13ClN2OS/c1-7-2-10(13-4-9(7)12)14-5-8(6-16)3-11(14)15/h2,4,8,16H,3,5-6H2,1H3. The van der Waals surface area contributed by atoms with Crippen LogP contribution < -0.4 is 4.90 Å². The van der Waals surface area contributed by atoms with Crippen LogP contribution >= 0.6 is 24.2 Å². The Kier molecular flexibility index (Phi) is 3.40. The van der Waals surface area contributed by atoms with Crippen molar-refractivity contribution in [3.05, 3.63) is 22.8 Å². The monoisotopic (exact) mass is 256 g/mol. The van der Waals surface area contributed by atoms with Crippen LogP contribution in [-0.4, -0.2) is 23.2 Å². The summed E-state index contributed by atoms with van der Waals surface area (Å²) in [7, 11) is 0. The Balaban J connectivity index is 2.24. The fourth-order valence-electron chi connectivity index (χ4n) is 1.80. The third kappa shape index (κ3) is 2.18. The third-order valence-corrected chi connectivity index (χ3v) is 3.68. The number of nitrogens with zero attached hydrogens (tertiary/aromatic N) is 2. The molecule has 0 aliphatic carbocycles. The van der Waals surface area contributed by atoms with E-state index in [1.165, 1.54) is 0 Å². The van der Waals surface area contributed by atoms with Crippen LogP contribution in [0, 0.1) is 12.8 Å². The molecule has 0 aromatic carbocycles. The molecule has 1 aromatic heterocycles. The molecule has 1 saturated heterocycles. The maximum absolute atomic E-state index is 11.8. The van der Waals surface area contributed by atoms with Crippen LogP contribution in [0.25, 0.3) is 0 Å². The molecule has 0 bridgehead atoms. The lowest BCUT2D eigenvalue weighted by Crippen LogP contribution is -2.25. The predicted octanol–water partition coefficient (Wildman–Crippen LogP) is 2.33. The molecule has 2 rings (SSSR count). The van der Waals surface area contributed by atoms with Gasteiger partial charge in [0.25, 0.3) is 0 Å². The van der Waals surface area contributed by atoms with E-state index >= 15 is 0 Å². The summed E-state index contributed by atoms with van der Waals surface area (Å²) >= 11 is 10.1. The minimum atomic E-state index is 0.119. The zero-order valence-corrected chi connectivity index (χ0v) is 10.6. The topological polar surface area (TPSA) is 33.2 Å². The number of carbonyl (C=O) groups is 1. The lowest BCUT2D eigenvalue weighted by molar-refractivity contribution is -0.117. The maximum Gasteiger partial charge on any atom is 0.228 e. The van der Waals surface area contributed by atoms with Gasteiger partial charge in [-0.1, -0.05) is 11.6 Å². The van der Waals surface area contributed by atoms with Crippen LogP contribution in [-0.2, 0) is 4.79 Å². The maximum atomic E-state index is 11.8. The zero-order chi connectivity index (χ0) is 11.7. The number of aryl methyl sites for hydroxylation is 1. The third-order valence-electron chi connectivity index (χ3n) is 2.77. The number of anilines is 1. The lowest BCUT2D eigenvalue weighted by Gasteiger charge is -2.15. The summed E-state index contributed by atoms with van der Waals surface area (Å²) in [6.45, 7) is 2.61. The molecule has 0 spiro atoms. The van der Waals surface area contributed by atoms with Crippen molar-refractivity contribution in [1.29, 1.82) is 0 Å². The number of aromatic nitrogens is 1. The summed E-state index contributed by atoms with van der Waals surface area (Å²) in [6, 6.07) is 1.85. The Hall–Kier alpha value is -0.740. The van der Waals surface area contributed by atoms with E-state index in [0.29, 0.717) is 29.7 Å². The number of pyridine rings is 1. The molecule has 1 fully saturated rings. The molecule has 0 saturated carbocycles. The summed E-state index contributed by atoms with van der Waals surface area (Å²) in [4.78, 5) is 17.7. The Morgan fingerprint density at radius 1 is 1.69 bits per heavy atom. The number of rotatable bonds is 2. The summed E-state index contributed by atoms with van der Waals surface area (Å²) in [5, 5.41) is 0.626. The van der Waals surface area contributed by atoms with E-state index in [4.69, 9.17) is 11.6 Å². The van der Waals surface area contributed by atoms with Crippen LogP contribution in [0.2, 0.25) is 5.02 Å². The van der Waals surface area contributed by atoms with E-state index < -0.39 is 0 Å². The molecule has 3 nitrogen and oxygen atoms in total. The van der Waals surface area contributed by atoms with Crippen LogP contribution in [0.1, 0.15) is 12.0 Å². The molecule has 86 valence electrons. The van der Waals surface area contributed by atoms with Crippen molar-refractivity contribution >= 4 is 36.0 Å². The molecular formula is C11H13ClN2OS. The summed E-state index contributed by atoms with van der Waals surface area (Å²) in [6.07, 6.45) is 2.15. The molecule has 0 radical (unpaired) electrons. The van der Waals surface area contributed by atoms with Gasteiger partial charge in [-0.2, -0.15) is 12.6 Å². The molecular weight excluding hydrogens is 244 g/mol. The van der Waals surface area contributed by atoms with Crippen LogP contribution in [0.15, 0.2) is 12.3 Å². The largest absolute Gasteiger partial charge is 0.296 e. The van der Waals surface area contributed by atoms with E-state index in [1.54, 1.807) is 11.1 Å². The van der Waals surface area contributed by atoms with Gasteiger partial charge in [-0.25, -0.2) is 4.98 Å². The second-order valence-corrected chi connectivity index (χ2v) is 4.82. The Bertz CT molecular complexity index is 424. The number of hydrogen-bond donors (Lipinski definition) is 1. The van der Waals surface area contributed by atoms with Gasteiger partial charge < -0.3 is 0 Å². The smallest absolute Gasteiger partial charge is 0.228 e. The van der Waals surface area contributed by atoms with Gasteiger partial charge in [0.15, 0.2) is 0 Å². The summed E-state index contributed by atoms with van der Waals surface area (Å²) < 4.78 is 0. The van der Waals surface area contributed by atoms with Gasteiger partial charge in [-0.15, -0.1) is 0 Å². The molecule has 1 aromatic rings. The fourth-order valence-corrected chi connectivity index (χ4v) is 2.15. The SMILES string of the molecule is Cc1cc(N2CC(CS)CC2=O)ncc1Cl. The number of amides is 1. The molecule has 5 heteroatoms. The minimum Gasteiger partial charge on any atom is -0.296 e. The quantitative estimate of drug-likeness (QED) is 0.824. The molecule has 2 heterocycles. The highest BCUT2D eigenvalue weighted by Gasteiger charge is 2.30. The van der Waals surface area contributed by atoms with Gasteiger partial charge >= 0.3 is 0 Å². The first-order valence-electron chi connectivity index (χ1n) is 5.15. The molecule has 1 aliphatic heterocycles. The number of carbonyl (C=O) groups excluding carboxylic acids is 1. The highest BCUT2D eigenvalue weighted by atomic mass is 35.5. The lowest BCUT2D eigenvalue weighted by atomic mass is 10.1. The van der Waals surface area contributed by atoms with Crippen molar-refractivity contribution < 1.29 is 4.79 Å². The Morgan fingerprint density at radius 2 is 2.44 bits per heavy atom. The second-order valence-electron chi connectivity index (χ2n) is 4.05. The highest BCUT2D eigenvalue weighted by molar-refractivity contribution is 7.80. The van der Waals surface area contributed by atoms with E-state index in [0.717, 1.165) is 11.3 Å². The van der Waals surface area contributed by atoms with Gasteiger partial charge in [-0.3, -0.25) is 9.69 Å². The van der Waals surface area contributed by atoms with Crippen LogP contribution in [0.3, 0.4) is 0 Å². The van der Waals surface area contributed by atoms with E-state index in [2.05, 4.69) is 17.6 Å². The first kappa shape index (κ1) is 11.7. The molecule has 0 N–H and O–H groups in total. The van der Waals surface area contributed by atoms with Gasteiger partial charge in [0, 0.05) is 19.2 Å². The van der Waals surface area contributed by atoms with Crippen molar-refractivity contribution in [2.75, 3.05) is 17.2 Å². The first-order chi connectivity index (χ1) is 7.61. The van der Waals surface area contributed by atoms with Crippen molar-refractivity contribution in [2.24, 2.45) is 5.92 Å². The van der Waals surface area contributed by atoms with E-state index in [9.17, 15) is 4.79 Å². The average Bonchev–Trinajstić information content (AvgIpc) is 2.64. The van der Waals surface area contributed by atoms with Gasteiger partial charge in [-0.05, 0) is 30.2 Å². The van der Waals surface area contributed by atoms with Crippen molar-refractivity contribution in [3.63, 3.8) is 0 Å². The van der Waals surface area contributed by atoms with Crippen molar-refractivity contribution in [2.45, 2.75) is 13.3 Å². The van der Waals surface area contributed by atoms with Gasteiger partial charge in [0.05, 0.1) is 5.02 Å². The molecule has 1 unspecified atom stereocenters. The summed E-state index contributed by atoms with van der Waals surface area (Å²) in [5.74, 6) is 1.87. The molecule has 1 atom stereocenters. The number of halogens is 1. The normalized spacial score (nSPS) is 20.6. The fraction of sp³-hybridized carbons (Fsp3) is 0.455. The highest BCUT2D eigenvalue weighted by Crippen LogP contribution is 2.26. The van der Waals surface area contributed by atoms with Crippen molar-refractivity contribution in [1.82, 2.24) is 4.98 Å². The zero-order valence-electron chi connectivity index (χ0n) is 8.98. The Labute approximate surface area is 105 Å². The van der Waals surface area contributed by atoms with E-state index in [-0.39, 0.29) is 5.91 Å². The second kappa shape index (κ2) is 4.63. The average molecular weight is 257 g/mol. The Morgan fingerprint density at radius 3 is 3.00 bits per heavy atom. The van der Waals surface area contributed by atoms with Gasteiger partial charge in [0.1, 0.15) is 5.82 Å². The molecule has 16 heavy (non-hydrogen) atoms. The molecule has 1 amide bonds. The molecule has 1 aliphatic rings. The summed E-state index contributed by atoms with van der Waals surface area (Å²) in [5.41, 5.74) is 0.939. The minimum absolute atomic E-state index is 0.119. The first-order valence-corrected chi connectivity index (χ1v) is 6.16. The van der Waals surface area contributed by atoms with Crippen LogP contribution in [0.4, 0.5) is 5.82 Å². The van der Waals surface area contributed by atoms with Crippen LogP contribution in [0.5, 0.6) is 0 Å². The number of hydrogen-bond acceptors (Lipinski definition) is 3. The van der Waals surface area contributed by atoms with E-state index in [1.807, 2.05) is 13.0 Å². The number of thiol groups is 1. The van der Waals surface area contributed by atoms with Crippen molar-refractivity contribution in [3.8, 4) is 0 Å².